The summed E-state index contributed by atoms with van der Waals surface area (Å²) in [6.07, 6.45) is 0. The van der Waals surface area contributed by atoms with Gasteiger partial charge in [0.2, 0.25) is 5.82 Å². The molecule has 1 aromatic heterocycles. The molecule has 0 aliphatic carbocycles. The third kappa shape index (κ3) is 2.57. The van der Waals surface area contributed by atoms with Gasteiger partial charge in [-0.1, -0.05) is 37.3 Å². The zero-order valence-electron chi connectivity index (χ0n) is 10.9. The summed E-state index contributed by atoms with van der Waals surface area (Å²) < 4.78 is 1.51. The summed E-state index contributed by atoms with van der Waals surface area (Å²) in [7, 11) is 0. The van der Waals surface area contributed by atoms with E-state index < -0.39 is 4.92 Å². The molecule has 6 nitrogen and oxygen atoms in total. The first-order valence-corrected chi connectivity index (χ1v) is 6.03. The fourth-order valence-electron chi connectivity index (χ4n) is 2.10. The molecule has 0 spiro atoms. The summed E-state index contributed by atoms with van der Waals surface area (Å²) in [6.45, 7) is 4.15. The van der Waals surface area contributed by atoms with Crippen molar-refractivity contribution in [2.24, 2.45) is 0 Å². The number of rotatable bonds is 4. The Balaban J connectivity index is 2.25. The van der Waals surface area contributed by atoms with Gasteiger partial charge in [-0.25, -0.2) is 4.68 Å². The Bertz CT molecular complexity index is 592. The molecule has 1 atom stereocenters. The maximum absolute atomic E-state index is 10.9. The third-order valence-corrected chi connectivity index (χ3v) is 3.13. The van der Waals surface area contributed by atoms with Crippen LogP contribution in [0.1, 0.15) is 24.1 Å². The van der Waals surface area contributed by atoms with Gasteiger partial charge in [-0.15, -0.1) is 0 Å². The first-order valence-electron chi connectivity index (χ1n) is 6.03. The number of nitrogens with two attached hydrogens (primary N) is 1. The normalized spacial score (nSPS) is 12.3. The largest absolute Gasteiger partial charge is 0.378 e. The van der Waals surface area contributed by atoms with E-state index in [1.165, 1.54) is 4.68 Å². The Kier molecular flexibility index (Phi) is 3.50. The molecule has 19 heavy (non-hydrogen) atoms. The highest BCUT2D eigenvalue weighted by molar-refractivity contribution is 5.56. The van der Waals surface area contributed by atoms with Gasteiger partial charge in [0.15, 0.2) is 0 Å². The lowest BCUT2D eigenvalue weighted by atomic mass is 10.0. The van der Waals surface area contributed by atoms with Crippen LogP contribution in [-0.4, -0.2) is 14.7 Å². The number of hydrogen-bond acceptors (Lipinski definition) is 4. The number of nitrogens with zero attached hydrogens (tertiary/aromatic N) is 3. The molecule has 0 aliphatic rings. The van der Waals surface area contributed by atoms with Gasteiger partial charge in [-0.2, -0.15) is 5.10 Å². The summed E-state index contributed by atoms with van der Waals surface area (Å²) in [5, 5.41) is 15.0. The SMILES string of the molecule is Cc1nn(CC(C)c2ccccc2)c(N)c1[N+](=O)[O-]. The molecule has 0 saturated heterocycles. The van der Waals surface area contributed by atoms with E-state index in [1.807, 2.05) is 37.3 Å². The fourth-order valence-corrected chi connectivity index (χ4v) is 2.10. The second-order valence-electron chi connectivity index (χ2n) is 4.57. The topological polar surface area (TPSA) is 87.0 Å². The fraction of sp³-hybridized carbons (Fsp3) is 0.308. The van der Waals surface area contributed by atoms with Crippen molar-refractivity contribution in [3.05, 3.63) is 51.7 Å². The van der Waals surface area contributed by atoms with Gasteiger partial charge >= 0.3 is 5.69 Å². The molecule has 1 aromatic carbocycles. The molecule has 1 heterocycles. The summed E-state index contributed by atoms with van der Waals surface area (Å²) in [6, 6.07) is 9.92. The molecule has 0 bridgehead atoms. The van der Waals surface area contributed by atoms with Crippen molar-refractivity contribution in [3.8, 4) is 0 Å². The van der Waals surface area contributed by atoms with E-state index in [1.54, 1.807) is 6.92 Å². The van der Waals surface area contributed by atoms with Crippen molar-refractivity contribution >= 4 is 11.5 Å². The van der Waals surface area contributed by atoms with E-state index in [-0.39, 0.29) is 17.4 Å². The number of anilines is 1. The number of benzene rings is 1. The molecule has 0 saturated carbocycles. The Morgan fingerprint density at radius 2 is 2.05 bits per heavy atom. The maximum atomic E-state index is 10.9. The number of aryl methyl sites for hydroxylation is 1. The van der Waals surface area contributed by atoms with Gasteiger partial charge in [0.05, 0.1) is 11.5 Å². The molecule has 2 aromatic rings. The van der Waals surface area contributed by atoms with E-state index in [9.17, 15) is 10.1 Å². The average molecular weight is 260 g/mol. The second-order valence-corrected chi connectivity index (χ2v) is 4.57. The molecule has 2 rings (SSSR count). The van der Waals surface area contributed by atoms with Crippen LogP contribution < -0.4 is 5.73 Å². The molecule has 0 radical (unpaired) electrons. The van der Waals surface area contributed by atoms with Gasteiger partial charge in [0.25, 0.3) is 0 Å². The van der Waals surface area contributed by atoms with Gasteiger partial charge < -0.3 is 5.73 Å². The molecular weight excluding hydrogens is 244 g/mol. The Morgan fingerprint density at radius 3 is 2.58 bits per heavy atom. The van der Waals surface area contributed by atoms with Crippen molar-refractivity contribution < 1.29 is 4.92 Å². The minimum atomic E-state index is -0.485. The smallest absolute Gasteiger partial charge is 0.333 e. The molecular formula is C13H16N4O2. The van der Waals surface area contributed by atoms with E-state index in [2.05, 4.69) is 5.10 Å². The molecule has 0 amide bonds. The van der Waals surface area contributed by atoms with E-state index in [0.717, 1.165) is 5.56 Å². The van der Waals surface area contributed by atoms with Crippen LogP contribution in [0.15, 0.2) is 30.3 Å². The zero-order valence-corrected chi connectivity index (χ0v) is 10.9. The lowest BCUT2D eigenvalue weighted by Gasteiger charge is -2.12. The van der Waals surface area contributed by atoms with E-state index >= 15 is 0 Å². The lowest BCUT2D eigenvalue weighted by Crippen LogP contribution is -2.11. The first kappa shape index (κ1) is 13.1. The quantitative estimate of drug-likeness (QED) is 0.675. The first-order chi connectivity index (χ1) is 9.00. The molecule has 6 heteroatoms. The van der Waals surface area contributed by atoms with Crippen LogP contribution >= 0.6 is 0 Å². The Hall–Kier alpha value is -2.37. The van der Waals surface area contributed by atoms with Crippen LogP contribution in [0.5, 0.6) is 0 Å². The predicted molar refractivity (Wildman–Crippen MR) is 72.9 cm³/mol. The molecule has 2 N–H and O–H groups in total. The van der Waals surface area contributed by atoms with Crippen LogP contribution in [0, 0.1) is 17.0 Å². The second kappa shape index (κ2) is 5.09. The van der Waals surface area contributed by atoms with Gasteiger partial charge in [0, 0.05) is 5.92 Å². The third-order valence-electron chi connectivity index (χ3n) is 3.13. The van der Waals surface area contributed by atoms with Gasteiger partial charge in [-0.05, 0) is 12.5 Å². The van der Waals surface area contributed by atoms with Crippen LogP contribution in [0.3, 0.4) is 0 Å². The van der Waals surface area contributed by atoms with Crippen LogP contribution in [-0.2, 0) is 6.54 Å². The Morgan fingerprint density at radius 1 is 1.42 bits per heavy atom. The van der Waals surface area contributed by atoms with E-state index in [0.29, 0.717) is 12.2 Å². The van der Waals surface area contributed by atoms with Gasteiger partial charge in [-0.3, -0.25) is 10.1 Å². The number of aromatic nitrogens is 2. The molecule has 1 unspecified atom stereocenters. The van der Waals surface area contributed by atoms with Crippen molar-refractivity contribution in [3.63, 3.8) is 0 Å². The van der Waals surface area contributed by atoms with Crippen molar-refractivity contribution in [1.82, 2.24) is 9.78 Å². The minimum Gasteiger partial charge on any atom is -0.378 e. The summed E-state index contributed by atoms with van der Waals surface area (Å²) in [4.78, 5) is 10.4. The summed E-state index contributed by atoms with van der Waals surface area (Å²) in [5.41, 5.74) is 7.19. The monoisotopic (exact) mass is 260 g/mol. The highest BCUT2D eigenvalue weighted by Crippen LogP contribution is 2.27. The molecule has 0 fully saturated rings. The zero-order chi connectivity index (χ0) is 14.0. The summed E-state index contributed by atoms with van der Waals surface area (Å²) in [5.74, 6) is 0.299. The number of nitro groups is 1. The Labute approximate surface area is 111 Å². The average Bonchev–Trinajstić information content (AvgIpc) is 2.65. The lowest BCUT2D eigenvalue weighted by molar-refractivity contribution is -0.384. The van der Waals surface area contributed by atoms with Gasteiger partial charge in [0.1, 0.15) is 5.69 Å². The number of hydrogen-bond donors (Lipinski definition) is 1. The van der Waals surface area contributed by atoms with Crippen LogP contribution in [0.2, 0.25) is 0 Å². The summed E-state index contributed by atoms with van der Waals surface area (Å²) >= 11 is 0. The van der Waals surface area contributed by atoms with Crippen LogP contribution in [0.4, 0.5) is 11.5 Å². The maximum Gasteiger partial charge on any atom is 0.333 e. The highest BCUT2D eigenvalue weighted by atomic mass is 16.6. The highest BCUT2D eigenvalue weighted by Gasteiger charge is 2.23. The standard InChI is InChI=1S/C13H16N4O2/c1-9(11-6-4-3-5-7-11)8-16-13(14)12(17(18)19)10(2)15-16/h3-7,9H,8,14H2,1-2H3. The predicted octanol–water partition coefficient (Wildman–Crippen LogP) is 2.49. The van der Waals surface area contributed by atoms with Crippen molar-refractivity contribution in [1.29, 1.82) is 0 Å². The number of nitrogen functional groups attached to an aromatic ring is 1. The molecule has 100 valence electrons. The molecule has 0 aliphatic heterocycles. The van der Waals surface area contributed by atoms with Crippen molar-refractivity contribution in [2.75, 3.05) is 5.73 Å². The van der Waals surface area contributed by atoms with Crippen molar-refractivity contribution in [2.45, 2.75) is 26.3 Å². The van der Waals surface area contributed by atoms with E-state index in [4.69, 9.17) is 5.73 Å². The minimum absolute atomic E-state index is 0.0970. The van der Waals surface area contributed by atoms with Crippen LogP contribution in [0.25, 0.3) is 0 Å².